The first-order chi connectivity index (χ1) is 13.7. The summed E-state index contributed by atoms with van der Waals surface area (Å²) >= 11 is 1.41. The number of aromatic amines is 1. The van der Waals surface area contributed by atoms with Crippen molar-refractivity contribution in [3.63, 3.8) is 0 Å². The van der Waals surface area contributed by atoms with E-state index in [0.29, 0.717) is 28.1 Å². The number of H-pyrrole nitrogens is 1. The molecule has 2 heterocycles. The number of amides is 1. The summed E-state index contributed by atoms with van der Waals surface area (Å²) in [7, 11) is 0. The maximum absolute atomic E-state index is 13.0. The molecule has 6 heteroatoms. The Kier molecular flexibility index (Phi) is 5.30. The molecule has 140 valence electrons. The van der Waals surface area contributed by atoms with E-state index < -0.39 is 0 Å². The van der Waals surface area contributed by atoms with Gasteiger partial charge in [0.2, 0.25) is 0 Å². The van der Waals surface area contributed by atoms with Crippen LogP contribution in [-0.2, 0) is 13.0 Å². The van der Waals surface area contributed by atoms with Crippen molar-refractivity contribution in [3.8, 4) is 0 Å². The number of carbonyl (C=O) groups excluding carboxylic acids is 1. The number of fused-ring (bicyclic) bond motifs is 1. The molecule has 0 unspecified atom stereocenters. The average molecular weight is 389 g/mol. The molecule has 0 bridgehead atoms. The van der Waals surface area contributed by atoms with Crippen LogP contribution in [0.15, 0.2) is 76.9 Å². The van der Waals surface area contributed by atoms with Crippen molar-refractivity contribution < 1.29 is 4.79 Å². The molecule has 2 aromatic heterocycles. The van der Waals surface area contributed by atoms with Gasteiger partial charge in [-0.1, -0.05) is 48.5 Å². The van der Waals surface area contributed by atoms with Gasteiger partial charge in [0, 0.05) is 6.54 Å². The molecule has 0 saturated heterocycles. The number of carbonyl (C=O) groups is 1. The molecular weight excluding hydrogens is 370 g/mol. The van der Waals surface area contributed by atoms with Gasteiger partial charge in [0.1, 0.15) is 5.82 Å². The number of benzene rings is 2. The molecule has 1 amide bonds. The first kappa shape index (κ1) is 18.1. The molecule has 1 N–H and O–H groups in total. The number of nitrogens with zero attached hydrogens (tertiary/aromatic N) is 2. The highest BCUT2D eigenvalue weighted by atomic mass is 32.1. The summed E-state index contributed by atoms with van der Waals surface area (Å²) in [4.78, 5) is 35.1. The Morgan fingerprint density at radius 3 is 2.57 bits per heavy atom. The number of para-hydroxylation sites is 1. The zero-order valence-electron chi connectivity index (χ0n) is 15.2. The average Bonchev–Trinajstić information content (AvgIpc) is 3.26. The van der Waals surface area contributed by atoms with Crippen LogP contribution in [0.25, 0.3) is 10.9 Å². The summed E-state index contributed by atoms with van der Waals surface area (Å²) in [5, 5.41) is 2.44. The van der Waals surface area contributed by atoms with Gasteiger partial charge in [-0.25, -0.2) is 4.98 Å². The third-order valence-corrected chi connectivity index (χ3v) is 5.39. The zero-order chi connectivity index (χ0) is 19.3. The lowest BCUT2D eigenvalue weighted by atomic mass is 10.1. The Bertz CT molecular complexity index is 1140. The first-order valence-corrected chi connectivity index (χ1v) is 9.93. The van der Waals surface area contributed by atoms with Crippen LogP contribution in [0.5, 0.6) is 0 Å². The lowest BCUT2D eigenvalue weighted by Gasteiger charge is -2.22. The van der Waals surface area contributed by atoms with Gasteiger partial charge in [-0.3, -0.25) is 9.59 Å². The molecule has 0 aliphatic carbocycles. The van der Waals surface area contributed by atoms with Crippen molar-refractivity contribution >= 4 is 28.1 Å². The summed E-state index contributed by atoms with van der Waals surface area (Å²) < 4.78 is 0. The molecule has 0 saturated carbocycles. The minimum absolute atomic E-state index is 0.0539. The standard InChI is InChI=1S/C22H19N3O2S/c26-21-17-9-4-5-10-18(17)23-20(24-21)15-25(22(27)19-11-6-14-28-19)13-12-16-7-2-1-3-8-16/h1-11,14H,12-13,15H2,(H,23,24,26). The van der Waals surface area contributed by atoms with E-state index in [1.54, 1.807) is 11.0 Å². The summed E-state index contributed by atoms with van der Waals surface area (Å²) in [6.45, 7) is 0.793. The minimum atomic E-state index is -0.188. The largest absolute Gasteiger partial charge is 0.330 e. The normalized spacial score (nSPS) is 10.9. The molecular formula is C22H19N3O2S. The molecule has 4 rings (SSSR count). The lowest BCUT2D eigenvalue weighted by molar-refractivity contribution is 0.0745. The second-order valence-corrected chi connectivity index (χ2v) is 7.42. The maximum Gasteiger partial charge on any atom is 0.264 e. The van der Waals surface area contributed by atoms with E-state index >= 15 is 0 Å². The molecule has 0 atom stereocenters. The zero-order valence-corrected chi connectivity index (χ0v) is 16.0. The number of hydrogen-bond donors (Lipinski definition) is 1. The Hall–Kier alpha value is -3.25. The molecule has 0 radical (unpaired) electrons. The Balaban J connectivity index is 1.61. The van der Waals surface area contributed by atoms with E-state index in [1.807, 2.05) is 66.0 Å². The molecule has 2 aromatic carbocycles. The highest BCUT2D eigenvalue weighted by Gasteiger charge is 2.18. The molecule has 0 aliphatic rings. The van der Waals surface area contributed by atoms with Crippen LogP contribution in [0.2, 0.25) is 0 Å². The Labute approximate surface area is 166 Å². The third-order valence-electron chi connectivity index (χ3n) is 4.53. The number of thiophene rings is 1. The van der Waals surface area contributed by atoms with Gasteiger partial charge in [0.05, 0.1) is 22.3 Å². The third kappa shape index (κ3) is 4.02. The van der Waals surface area contributed by atoms with Crippen molar-refractivity contribution in [2.75, 3.05) is 6.54 Å². The summed E-state index contributed by atoms with van der Waals surface area (Å²) in [6, 6.07) is 20.9. The molecule has 5 nitrogen and oxygen atoms in total. The molecule has 28 heavy (non-hydrogen) atoms. The second-order valence-electron chi connectivity index (χ2n) is 6.47. The van der Waals surface area contributed by atoms with Gasteiger partial charge >= 0.3 is 0 Å². The fourth-order valence-electron chi connectivity index (χ4n) is 3.11. The van der Waals surface area contributed by atoms with Gasteiger partial charge in [-0.15, -0.1) is 11.3 Å². The second kappa shape index (κ2) is 8.19. The van der Waals surface area contributed by atoms with Gasteiger partial charge in [0.25, 0.3) is 11.5 Å². The van der Waals surface area contributed by atoms with Crippen molar-refractivity contribution in [1.82, 2.24) is 14.9 Å². The minimum Gasteiger partial charge on any atom is -0.330 e. The van der Waals surface area contributed by atoms with Gasteiger partial charge in [0.15, 0.2) is 0 Å². The van der Waals surface area contributed by atoms with Gasteiger partial charge in [-0.05, 0) is 35.6 Å². The Morgan fingerprint density at radius 2 is 1.79 bits per heavy atom. The quantitative estimate of drug-likeness (QED) is 0.544. The van der Waals surface area contributed by atoms with E-state index in [-0.39, 0.29) is 18.0 Å². The van der Waals surface area contributed by atoms with Crippen molar-refractivity contribution in [1.29, 1.82) is 0 Å². The van der Waals surface area contributed by atoms with Crippen molar-refractivity contribution in [2.45, 2.75) is 13.0 Å². The maximum atomic E-state index is 13.0. The molecule has 0 aliphatic heterocycles. The van der Waals surface area contributed by atoms with Crippen LogP contribution in [0.1, 0.15) is 21.1 Å². The summed E-state index contributed by atoms with van der Waals surface area (Å²) in [6.07, 6.45) is 0.732. The van der Waals surface area contributed by atoms with E-state index in [1.165, 1.54) is 11.3 Å². The SMILES string of the molecule is O=C(c1cccs1)N(CCc1ccccc1)Cc1nc2ccccc2c(=O)[nH]1. The smallest absolute Gasteiger partial charge is 0.264 e. The van der Waals surface area contributed by atoms with Gasteiger partial charge in [-0.2, -0.15) is 0 Å². The van der Waals surface area contributed by atoms with Crippen LogP contribution >= 0.6 is 11.3 Å². The number of nitrogens with one attached hydrogen (secondary N) is 1. The number of rotatable bonds is 6. The highest BCUT2D eigenvalue weighted by molar-refractivity contribution is 7.12. The fraction of sp³-hybridized carbons (Fsp3) is 0.136. The van der Waals surface area contributed by atoms with Gasteiger partial charge < -0.3 is 9.88 Å². The molecule has 4 aromatic rings. The molecule has 0 spiro atoms. The van der Waals surface area contributed by atoms with Crippen LogP contribution in [0, 0.1) is 0 Å². The topological polar surface area (TPSA) is 66.1 Å². The molecule has 0 fully saturated rings. The monoisotopic (exact) mass is 389 g/mol. The van der Waals surface area contributed by atoms with Crippen LogP contribution < -0.4 is 5.56 Å². The highest BCUT2D eigenvalue weighted by Crippen LogP contribution is 2.15. The van der Waals surface area contributed by atoms with Crippen molar-refractivity contribution in [3.05, 3.63) is 98.7 Å². The van der Waals surface area contributed by atoms with Crippen LogP contribution in [-0.4, -0.2) is 27.3 Å². The predicted molar refractivity (Wildman–Crippen MR) is 112 cm³/mol. The van der Waals surface area contributed by atoms with E-state index in [4.69, 9.17) is 0 Å². The first-order valence-electron chi connectivity index (χ1n) is 9.05. The van der Waals surface area contributed by atoms with Crippen LogP contribution in [0.4, 0.5) is 0 Å². The summed E-state index contributed by atoms with van der Waals surface area (Å²) in [5.74, 6) is 0.434. The number of hydrogen-bond acceptors (Lipinski definition) is 4. The lowest BCUT2D eigenvalue weighted by Crippen LogP contribution is -2.33. The van der Waals surface area contributed by atoms with E-state index in [2.05, 4.69) is 9.97 Å². The summed E-state index contributed by atoms with van der Waals surface area (Å²) in [5.41, 5.74) is 1.60. The van der Waals surface area contributed by atoms with E-state index in [9.17, 15) is 9.59 Å². The fourth-order valence-corrected chi connectivity index (χ4v) is 3.80. The predicted octanol–water partition coefficient (Wildman–Crippen LogP) is 3.87. The van der Waals surface area contributed by atoms with E-state index in [0.717, 1.165) is 12.0 Å². The van der Waals surface area contributed by atoms with Crippen molar-refractivity contribution in [2.24, 2.45) is 0 Å². The van der Waals surface area contributed by atoms with Crippen LogP contribution in [0.3, 0.4) is 0 Å². The Morgan fingerprint density at radius 1 is 1.00 bits per heavy atom. The number of aromatic nitrogens is 2.